The summed E-state index contributed by atoms with van der Waals surface area (Å²) in [6.07, 6.45) is 17.5. The largest absolute Gasteiger partial charge is 0.481 e. The number of aliphatic carboxylic acids is 1. The van der Waals surface area contributed by atoms with Crippen LogP contribution in [0.5, 0.6) is 0 Å². The molecule has 0 radical (unpaired) electrons. The fourth-order valence-corrected chi connectivity index (χ4v) is 4.33. The summed E-state index contributed by atoms with van der Waals surface area (Å²) in [5.74, 6) is 1.03. The second-order valence-corrected chi connectivity index (χ2v) is 7.68. The molecule has 0 amide bonds. The normalized spacial score (nSPS) is 30.3. The number of carboxylic acid groups (broad SMARTS) is 1. The number of carboxylic acids is 1. The van der Waals surface area contributed by atoms with Crippen molar-refractivity contribution in [2.75, 3.05) is 0 Å². The second kappa shape index (κ2) is 8.19. The van der Waals surface area contributed by atoms with E-state index in [0.29, 0.717) is 0 Å². The second-order valence-electron chi connectivity index (χ2n) is 7.68. The maximum absolute atomic E-state index is 11.6. The highest BCUT2D eigenvalue weighted by Gasteiger charge is 2.56. The number of hydrogen-bond donors (Lipinski definition) is 1. The molecule has 2 aliphatic carbocycles. The first-order chi connectivity index (χ1) is 10.2. The van der Waals surface area contributed by atoms with Crippen molar-refractivity contribution in [3.05, 3.63) is 0 Å². The summed E-state index contributed by atoms with van der Waals surface area (Å²) in [5, 5.41) is 9.55. The first-order valence-corrected chi connectivity index (χ1v) is 9.41. The van der Waals surface area contributed by atoms with Crippen molar-refractivity contribution in [3.8, 4) is 0 Å². The lowest BCUT2D eigenvalue weighted by molar-refractivity contribution is -0.149. The number of carbonyl (C=O) groups is 1. The standard InChI is InChI=1S/C19H34O2/c1-2-3-4-5-6-7-8-9-10-11-12-19(18(20)21)14-16-13-17(16)15-19/h16-17H,2-15H2,1H3,(H,20,21). The Morgan fingerprint density at radius 3 is 1.86 bits per heavy atom. The van der Waals surface area contributed by atoms with Crippen LogP contribution in [0.3, 0.4) is 0 Å². The van der Waals surface area contributed by atoms with Crippen molar-refractivity contribution < 1.29 is 9.90 Å². The number of hydrogen-bond acceptors (Lipinski definition) is 1. The van der Waals surface area contributed by atoms with Crippen LogP contribution in [0, 0.1) is 17.3 Å². The van der Waals surface area contributed by atoms with Crippen molar-refractivity contribution in [1.82, 2.24) is 0 Å². The van der Waals surface area contributed by atoms with Gasteiger partial charge < -0.3 is 5.11 Å². The van der Waals surface area contributed by atoms with Crippen LogP contribution in [-0.2, 0) is 4.79 Å². The highest BCUT2D eigenvalue weighted by Crippen LogP contribution is 2.61. The van der Waals surface area contributed by atoms with Crippen LogP contribution in [-0.4, -0.2) is 11.1 Å². The van der Waals surface area contributed by atoms with Gasteiger partial charge in [-0.1, -0.05) is 71.1 Å². The lowest BCUT2D eigenvalue weighted by atomic mass is 9.78. The molecule has 2 saturated carbocycles. The number of unbranched alkanes of at least 4 members (excludes halogenated alkanes) is 9. The van der Waals surface area contributed by atoms with Crippen molar-refractivity contribution in [3.63, 3.8) is 0 Å². The van der Waals surface area contributed by atoms with Gasteiger partial charge in [-0.15, -0.1) is 0 Å². The van der Waals surface area contributed by atoms with Crippen LogP contribution in [0.15, 0.2) is 0 Å². The van der Waals surface area contributed by atoms with E-state index >= 15 is 0 Å². The van der Waals surface area contributed by atoms with E-state index in [0.717, 1.165) is 37.5 Å². The number of rotatable bonds is 12. The topological polar surface area (TPSA) is 37.3 Å². The summed E-state index contributed by atoms with van der Waals surface area (Å²) in [5.41, 5.74) is -0.326. The Morgan fingerprint density at radius 2 is 1.38 bits per heavy atom. The lowest BCUT2D eigenvalue weighted by Gasteiger charge is -2.25. The van der Waals surface area contributed by atoms with Gasteiger partial charge in [-0.2, -0.15) is 0 Å². The molecule has 0 aliphatic heterocycles. The Labute approximate surface area is 130 Å². The van der Waals surface area contributed by atoms with Crippen LogP contribution in [0.1, 0.15) is 96.8 Å². The molecular weight excluding hydrogens is 260 g/mol. The molecule has 21 heavy (non-hydrogen) atoms. The minimum absolute atomic E-state index is 0.326. The van der Waals surface area contributed by atoms with E-state index in [9.17, 15) is 9.90 Å². The Hall–Kier alpha value is -0.530. The third kappa shape index (κ3) is 5.00. The first-order valence-electron chi connectivity index (χ1n) is 9.41. The Kier molecular flexibility index (Phi) is 6.57. The van der Waals surface area contributed by atoms with Crippen LogP contribution < -0.4 is 0 Å². The Morgan fingerprint density at radius 1 is 0.905 bits per heavy atom. The van der Waals surface area contributed by atoms with Crippen molar-refractivity contribution in [2.24, 2.45) is 17.3 Å². The molecule has 0 aromatic heterocycles. The van der Waals surface area contributed by atoms with Gasteiger partial charge in [0.15, 0.2) is 0 Å². The summed E-state index contributed by atoms with van der Waals surface area (Å²) in [4.78, 5) is 11.6. The zero-order chi connectivity index (χ0) is 15.1. The molecule has 2 fully saturated rings. The highest BCUT2D eigenvalue weighted by molar-refractivity contribution is 5.75. The molecule has 0 aromatic rings. The average molecular weight is 294 g/mol. The third-order valence-corrected chi connectivity index (χ3v) is 5.84. The predicted octanol–water partition coefficient (Wildman–Crippen LogP) is 5.80. The SMILES string of the molecule is CCCCCCCCCCCCC1(C(=O)O)CC2CC2C1. The summed E-state index contributed by atoms with van der Waals surface area (Å²) in [6.45, 7) is 2.26. The molecule has 0 heterocycles. The Bertz CT molecular complexity index is 314. The molecule has 0 spiro atoms. The molecule has 2 unspecified atom stereocenters. The molecule has 1 N–H and O–H groups in total. The fourth-order valence-electron chi connectivity index (χ4n) is 4.33. The monoisotopic (exact) mass is 294 g/mol. The van der Waals surface area contributed by atoms with E-state index in [4.69, 9.17) is 0 Å². The predicted molar refractivity (Wildman–Crippen MR) is 87.4 cm³/mol. The van der Waals surface area contributed by atoms with Crippen LogP contribution in [0.4, 0.5) is 0 Å². The van der Waals surface area contributed by atoms with Gasteiger partial charge in [-0.3, -0.25) is 4.79 Å². The molecule has 2 heteroatoms. The molecular formula is C19H34O2. The zero-order valence-electron chi connectivity index (χ0n) is 13.9. The highest BCUT2D eigenvalue weighted by atomic mass is 16.4. The lowest BCUT2D eigenvalue weighted by Crippen LogP contribution is -2.29. The molecule has 122 valence electrons. The molecule has 0 bridgehead atoms. The van der Waals surface area contributed by atoms with Gasteiger partial charge in [0.1, 0.15) is 0 Å². The smallest absolute Gasteiger partial charge is 0.309 e. The van der Waals surface area contributed by atoms with Gasteiger partial charge in [0.05, 0.1) is 5.41 Å². The molecule has 2 rings (SSSR count). The van der Waals surface area contributed by atoms with E-state index in [1.54, 1.807) is 0 Å². The minimum atomic E-state index is -0.509. The van der Waals surface area contributed by atoms with Gasteiger partial charge in [0.2, 0.25) is 0 Å². The summed E-state index contributed by atoms with van der Waals surface area (Å²) in [7, 11) is 0. The van der Waals surface area contributed by atoms with Crippen LogP contribution in [0.2, 0.25) is 0 Å². The summed E-state index contributed by atoms with van der Waals surface area (Å²) >= 11 is 0. The first kappa shape index (κ1) is 16.8. The third-order valence-electron chi connectivity index (χ3n) is 5.84. The van der Waals surface area contributed by atoms with Gasteiger partial charge in [-0.25, -0.2) is 0 Å². The van der Waals surface area contributed by atoms with E-state index < -0.39 is 5.97 Å². The van der Waals surface area contributed by atoms with E-state index in [1.807, 2.05) is 0 Å². The fraction of sp³-hybridized carbons (Fsp3) is 0.947. The molecule has 0 aromatic carbocycles. The van der Waals surface area contributed by atoms with E-state index in [1.165, 1.54) is 64.2 Å². The van der Waals surface area contributed by atoms with Gasteiger partial charge >= 0.3 is 5.97 Å². The zero-order valence-corrected chi connectivity index (χ0v) is 13.9. The van der Waals surface area contributed by atoms with Gasteiger partial charge in [0.25, 0.3) is 0 Å². The average Bonchev–Trinajstić information content (AvgIpc) is 3.08. The van der Waals surface area contributed by atoms with E-state index in [-0.39, 0.29) is 5.41 Å². The minimum Gasteiger partial charge on any atom is -0.481 e. The van der Waals surface area contributed by atoms with Crippen molar-refractivity contribution in [2.45, 2.75) is 96.8 Å². The maximum Gasteiger partial charge on any atom is 0.309 e. The number of fused-ring (bicyclic) bond motifs is 1. The summed E-state index contributed by atoms with van der Waals surface area (Å²) in [6, 6.07) is 0. The van der Waals surface area contributed by atoms with Crippen molar-refractivity contribution >= 4 is 5.97 Å². The van der Waals surface area contributed by atoms with Crippen LogP contribution in [0.25, 0.3) is 0 Å². The molecule has 2 nitrogen and oxygen atoms in total. The molecule has 0 saturated heterocycles. The van der Waals surface area contributed by atoms with Crippen molar-refractivity contribution in [1.29, 1.82) is 0 Å². The Balaban J connectivity index is 1.47. The van der Waals surface area contributed by atoms with E-state index in [2.05, 4.69) is 6.92 Å². The summed E-state index contributed by atoms with van der Waals surface area (Å²) < 4.78 is 0. The molecule has 2 atom stereocenters. The van der Waals surface area contributed by atoms with Gasteiger partial charge in [0, 0.05) is 0 Å². The van der Waals surface area contributed by atoms with Gasteiger partial charge in [-0.05, 0) is 37.5 Å². The maximum atomic E-state index is 11.6. The quantitative estimate of drug-likeness (QED) is 0.462. The van der Waals surface area contributed by atoms with Crippen LogP contribution >= 0.6 is 0 Å². The molecule has 2 aliphatic rings.